The first-order valence-corrected chi connectivity index (χ1v) is 7.24. The summed E-state index contributed by atoms with van der Waals surface area (Å²) in [6, 6.07) is 2.28. The number of halogens is 2. The van der Waals surface area contributed by atoms with E-state index in [-0.39, 0.29) is 29.5 Å². The van der Waals surface area contributed by atoms with E-state index in [4.69, 9.17) is 21.7 Å². The smallest absolute Gasteiger partial charge is 0.338 e. The van der Waals surface area contributed by atoms with Gasteiger partial charge in [-0.1, -0.05) is 6.07 Å². The molecule has 124 valence electrons. The van der Waals surface area contributed by atoms with Crippen LogP contribution in [0.1, 0.15) is 18.5 Å². The average molecular weight is 342 g/mol. The lowest BCUT2D eigenvalue weighted by atomic mass is 9.95. The molecule has 0 radical (unpaired) electrons. The van der Waals surface area contributed by atoms with E-state index in [1.807, 2.05) is 0 Å². The summed E-state index contributed by atoms with van der Waals surface area (Å²) in [6.45, 7) is 1.94. The Hall–Kier alpha value is -2.06. The summed E-state index contributed by atoms with van der Waals surface area (Å²) >= 11 is 5.05. The highest BCUT2D eigenvalue weighted by Gasteiger charge is 2.32. The minimum absolute atomic E-state index is 0.0647. The van der Waals surface area contributed by atoms with Gasteiger partial charge in [0.15, 0.2) is 5.11 Å². The van der Waals surface area contributed by atoms with Gasteiger partial charge in [0.25, 0.3) is 0 Å². The Kier molecular flexibility index (Phi) is 5.62. The molecule has 0 unspecified atom stereocenters. The maximum Gasteiger partial charge on any atom is 0.338 e. The van der Waals surface area contributed by atoms with Crippen LogP contribution in [0.25, 0.3) is 0 Å². The standard InChI is InChI=1S/C15H16F2N2O3S/c1-8-12(14(20)22-6-5-21-2)13(19-15(23)18-8)10-4-3-9(16)7-11(10)17/h3-4,7,13H,5-6H2,1-2H3,(H2,18,19,23)/t13-/m0/s1. The highest BCUT2D eigenvalue weighted by Crippen LogP contribution is 2.29. The van der Waals surface area contributed by atoms with Crippen molar-refractivity contribution in [2.45, 2.75) is 13.0 Å². The predicted molar refractivity (Wildman–Crippen MR) is 83.5 cm³/mol. The fourth-order valence-corrected chi connectivity index (χ4v) is 2.50. The van der Waals surface area contributed by atoms with Crippen molar-refractivity contribution in [1.82, 2.24) is 10.6 Å². The van der Waals surface area contributed by atoms with Crippen molar-refractivity contribution in [2.24, 2.45) is 0 Å². The van der Waals surface area contributed by atoms with Crippen LogP contribution in [0.3, 0.4) is 0 Å². The van der Waals surface area contributed by atoms with Crippen molar-refractivity contribution in [3.05, 3.63) is 46.7 Å². The lowest BCUT2D eigenvalue weighted by Gasteiger charge is -2.30. The Labute approximate surface area is 137 Å². The average Bonchev–Trinajstić information content (AvgIpc) is 2.46. The van der Waals surface area contributed by atoms with Crippen LogP contribution in [0.2, 0.25) is 0 Å². The first-order valence-electron chi connectivity index (χ1n) is 6.83. The number of nitrogens with one attached hydrogen (secondary N) is 2. The molecule has 0 aromatic heterocycles. The van der Waals surface area contributed by atoms with Crippen LogP contribution in [-0.4, -0.2) is 31.4 Å². The summed E-state index contributed by atoms with van der Waals surface area (Å²) in [5.74, 6) is -2.11. The molecule has 0 saturated heterocycles. The minimum atomic E-state index is -0.862. The van der Waals surface area contributed by atoms with Crippen LogP contribution in [0.5, 0.6) is 0 Å². The van der Waals surface area contributed by atoms with Crippen molar-refractivity contribution in [2.75, 3.05) is 20.3 Å². The lowest BCUT2D eigenvalue weighted by molar-refractivity contribution is -0.140. The molecule has 0 fully saturated rings. The van der Waals surface area contributed by atoms with Gasteiger partial charge < -0.3 is 20.1 Å². The second kappa shape index (κ2) is 7.47. The monoisotopic (exact) mass is 342 g/mol. The number of ether oxygens (including phenoxy) is 2. The number of thiocarbonyl (C=S) groups is 1. The Morgan fingerprint density at radius 2 is 2.09 bits per heavy atom. The van der Waals surface area contributed by atoms with Crippen molar-refractivity contribution >= 4 is 23.3 Å². The topological polar surface area (TPSA) is 59.6 Å². The molecule has 2 N–H and O–H groups in total. The summed E-state index contributed by atoms with van der Waals surface area (Å²) in [7, 11) is 1.48. The van der Waals surface area contributed by atoms with Gasteiger partial charge in [-0.05, 0) is 25.2 Å². The van der Waals surface area contributed by atoms with E-state index < -0.39 is 23.6 Å². The number of esters is 1. The lowest BCUT2D eigenvalue weighted by Crippen LogP contribution is -2.45. The second-order valence-electron chi connectivity index (χ2n) is 4.86. The van der Waals surface area contributed by atoms with Crippen LogP contribution in [0.15, 0.2) is 29.5 Å². The number of carbonyl (C=O) groups is 1. The molecule has 2 rings (SSSR count). The van der Waals surface area contributed by atoms with Gasteiger partial charge in [0.05, 0.1) is 18.2 Å². The van der Waals surface area contributed by atoms with Crippen LogP contribution < -0.4 is 10.6 Å². The zero-order valence-electron chi connectivity index (χ0n) is 12.6. The summed E-state index contributed by atoms with van der Waals surface area (Å²) in [6.07, 6.45) is 0. The van der Waals surface area contributed by atoms with Crippen LogP contribution in [-0.2, 0) is 14.3 Å². The van der Waals surface area contributed by atoms with Crippen LogP contribution in [0, 0.1) is 11.6 Å². The molecule has 0 spiro atoms. The molecule has 8 heteroatoms. The molecular weight excluding hydrogens is 326 g/mol. The Morgan fingerprint density at radius 1 is 1.35 bits per heavy atom. The van der Waals surface area contributed by atoms with Gasteiger partial charge in [0.1, 0.15) is 18.2 Å². The molecule has 1 aromatic carbocycles. The van der Waals surface area contributed by atoms with Crippen LogP contribution in [0.4, 0.5) is 8.78 Å². The molecule has 1 aromatic rings. The fourth-order valence-electron chi connectivity index (χ4n) is 2.23. The molecule has 5 nitrogen and oxygen atoms in total. The number of methoxy groups -OCH3 is 1. The van der Waals surface area contributed by atoms with Gasteiger partial charge in [-0.15, -0.1) is 0 Å². The maximum absolute atomic E-state index is 14.1. The molecule has 23 heavy (non-hydrogen) atoms. The molecule has 1 heterocycles. The largest absolute Gasteiger partial charge is 0.460 e. The number of benzene rings is 1. The zero-order valence-corrected chi connectivity index (χ0v) is 13.4. The zero-order chi connectivity index (χ0) is 17.0. The fraction of sp³-hybridized carbons (Fsp3) is 0.333. The second-order valence-corrected chi connectivity index (χ2v) is 5.27. The first-order chi connectivity index (χ1) is 10.9. The van der Waals surface area contributed by atoms with Gasteiger partial charge in [0.2, 0.25) is 0 Å². The number of allylic oxidation sites excluding steroid dienone is 1. The third kappa shape index (κ3) is 4.02. The highest BCUT2D eigenvalue weighted by molar-refractivity contribution is 7.80. The SMILES string of the molecule is COCCOC(=O)C1=C(C)NC(=S)N[C@H]1c1ccc(F)cc1F. The Balaban J connectivity index is 2.36. The highest BCUT2D eigenvalue weighted by atomic mass is 32.1. The first kappa shape index (κ1) is 17.3. The van der Waals surface area contributed by atoms with E-state index >= 15 is 0 Å². The molecule has 1 aliphatic heterocycles. The van der Waals surface area contributed by atoms with Gasteiger partial charge >= 0.3 is 5.97 Å². The summed E-state index contributed by atoms with van der Waals surface area (Å²) in [5.41, 5.74) is 0.735. The molecule has 0 bridgehead atoms. The van der Waals surface area contributed by atoms with Crippen molar-refractivity contribution in [3.63, 3.8) is 0 Å². The van der Waals surface area contributed by atoms with Crippen molar-refractivity contribution in [1.29, 1.82) is 0 Å². The molecule has 1 atom stereocenters. The van der Waals surface area contributed by atoms with Gasteiger partial charge in [0, 0.05) is 24.4 Å². The summed E-state index contributed by atoms with van der Waals surface area (Å²) in [4.78, 5) is 12.3. The van der Waals surface area contributed by atoms with E-state index in [1.54, 1.807) is 6.92 Å². The maximum atomic E-state index is 14.1. The number of carbonyl (C=O) groups excluding carboxylic acids is 1. The summed E-state index contributed by atoms with van der Waals surface area (Å²) in [5, 5.41) is 5.86. The normalized spacial score (nSPS) is 17.6. The van der Waals surface area contributed by atoms with Gasteiger partial charge in [-0.2, -0.15) is 0 Å². The van der Waals surface area contributed by atoms with E-state index in [0.717, 1.165) is 12.1 Å². The van der Waals surface area contributed by atoms with E-state index in [2.05, 4.69) is 10.6 Å². The van der Waals surface area contributed by atoms with Crippen molar-refractivity contribution < 1.29 is 23.0 Å². The molecule has 0 amide bonds. The number of hydrogen-bond donors (Lipinski definition) is 2. The van der Waals surface area contributed by atoms with Crippen molar-refractivity contribution in [3.8, 4) is 0 Å². The molecule has 0 saturated carbocycles. The van der Waals surface area contributed by atoms with Gasteiger partial charge in [-0.3, -0.25) is 0 Å². The Morgan fingerprint density at radius 3 is 2.74 bits per heavy atom. The van der Waals surface area contributed by atoms with Crippen LogP contribution >= 0.6 is 12.2 Å². The van der Waals surface area contributed by atoms with E-state index in [9.17, 15) is 13.6 Å². The molecule has 1 aliphatic rings. The summed E-state index contributed by atoms with van der Waals surface area (Å²) < 4.78 is 37.1. The molecular formula is C15H16F2N2O3S. The number of rotatable bonds is 5. The molecule has 0 aliphatic carbocycles. The third-order valence-electron chi connectivity index (χ3n) is 3.28. The number of hydrogen-bond acceptors (Lipinski definition) is 4. The third-order valence-corrected chi connectivity index (χ3v) is 3.50. The minimum Gasteiger partial charge on any atom is -0.460 e. The quantitative estimate of drug-likeness (QED) is 0.485. The van der Waals surface area contributed by atoms with E-state index in [1.165, 1.54) is 13.2 Å². The van der Waals surface area contributed by atoms with E-state index in [0.29, 0.717) is 5.70 Å². The predicted octanol–water partition coefficient (Wildman–Crippen LogP) is 1.95. The Bertz CT molecular complexity index is 664. The van der Waals surface area contributed by atoms with Gasteiger partial charge in [-0.25, -0.2) is 13.6 Å².